The van der Waals surface area contributed by atoms with Gasteiger partial charge in [-0.15, -0.1) is 10.2 Å². The van der Waals surface area contributed by atoms with Crippen molar-refractivity contribution < 1.29 is 4.74 Å². The van der Waals surface area contributed by atoms with Crippen LogP contribution in [0.3, 0.4) is 0 Å². The van der Waals surface area contributed by atoms with Crippen molar-refractivity contribution in [3.05, 3.63) is 70.0 Å². The number of hydrogen-bond donors (Lipinski definition) is 0. The molecule has 1 heterocycles. The van der Waals surface area contributed by atoms with Gasteiger partial charge in [-0.2, -0.15) is 9.78 Å². The van der Waals surface area contributed by atoms with Crippen molar-refractivity contribution in [2.75, 3.05) is 6.61 Å². The van der Waals surface area contributed by atoms with E-state index in [9.17, 15) is 0 Å². The monoisotopic (exact) mass is 430 g/mol. The highest BCUT2D eigenvalue weighted by Gasteiger charge is 2.06. The van der Waals surface area contributed by atoms with Gasteiger partial charge >= 0.3 is 0 Å². The fourth-order valence-electron chi connectivity index (χ4n) is 2.26. The first-order valence-corrected chi connectivity index (χ1v) is 9.98. The number of halogens is 1. The topological polar surface area (TPSA) is 52.3 Å². The summed E-state index contributed by atoms with van der Waals surface area (Å²) < 4.78 is 8.30. The Morgan fingerprint density at radius 2 is 2.04 bits per heavy atom. The third kappa shape index (κ3) is 4.95. The predicted molar refractivity (Wildman–Crippen MR) is 109 cm³/mol. The fourth-order valence-corrected chi connectivity index (χ4v) is 3.46. The molecule has 0 radical (unpaired) electrons. The highest BCUT2D eigenvalue weighted by atomic mass is 79.9. The molecule has 0 N–H and O–H groups in total. The summed E-state index contributed by atoms with van der Waals surface area (Å²) in [6.07, 6.45) is 3.36. The van der Waals surface area contributed by atoms with Crippen LogP contribution in [0.2, 0.25) is 0 Å². The first kappa shape index (κ1) is 18.7. The number of aryl methyl sites for hydroxylation is 1. The van der Waals surface area contributed by atoms with Gasteiger partial charge in [0.05, 0.1) is 12.8 Å². The Morgan fingerprint density at radius 3 is 2.81 bits per heavy atom. The minimum atomic E-state index is 0.604. The Bertz CT molecular complexity index is 893. The molecule has 0 fully saturated rings. The van der Waals surface area contributed by atoms with Gasteiger partial charge in [0.2, 0.25) is 5.16 Å². The molecular weight excluding hydrogens is 412 g/mol. The molecule has 0 saturated carbocycles. The molecule has 26 heavy (non-hydrogen) atoms. The largest absolute Gasteiger partial charge is 0.493 e. The molecule has 0 bridgehead atoms. The maximum atomic E-state index is 5.65. The second-order valence-corrected chi connectivity index (χ2v) is 7.45. The zero-order chi connectivity index (χ0) is 18.4. The van der Waals surface area contributed by atoms with Gasteiger partial charge < -0.3 is 4.74 Å². The molecule has 0 aliphatic rings. The number of thioether (sulfide) groups is 1. The lowest BCUT2D eigenvalue weighted by Gasteiger charge is -2.07. The Labute approximate surface area is 165 Å². The van der Waals surface area contributed by atoms with Crippen LogP contribution < -0.4 is 4.74 Å². The predicted octanol–water partition coefficient (Wildman–Crippen LogP) is 4.92. The maximum Gasteiger partial charge on any atom is 0.212 e. The van der Waals surface area contributed by atoms with Crippen LogP contribution in [-0.2, 0) is 5.75 Å². The maximum absolute atomic E-state index is 5.65. The van der Waals surface area contributed by atoms with Crippen molar-refractivity contribution in [1.29, 1.82) is 0 Å². The number of benzene rings is 2. The van der Waals surface area contributed by atoms with Gasteiger partial charge in [0.1, 0.15) is 12.1 Å². The molecule has 134 valence electrons. The number of aromatic nitrogens is 3. The van der Waals surface area contributed by atoms with E-state index in [1.54, 1.807) is 29.0 Å². The molecule has 0 aliphatic carbocycles. The van der Waals surface area contributed by atoms with E-state index < -0.39 is 0 Å². The summed E-state index contributed by atoms with van der Waals surface area (Å²) in [5, 5.41) is 13.4. The lowest BCUT2D eigenvalue weighted by Crippen LogP contribution is -1.98. The molecule has 7 heteroatoms. The van der Waals surface area contributed by atoms with Gasteiger partial charge in [-0.3, -0.25) is 0 Å². The zero-order valence-corrected chi connectivity index (χ0v) is 17.0. The van der Waals surface area contributed by atoms with Crippen molar-refractivity contribution >= 4 is 33.9 Å². The van der Waals surface area contributed by atoms with Crippen LogP contribution in [-0.4, -0.2) is 27.7 Å². The highest BCUT2D eigenvalue weighted by Crippen LogP contribution is 2.23. The molecule has 0 saturated heterocycles. The van der Waals surface area contributed by atoms with Gasteiger partial charge in [-0.25, -0.2) is 0 Å². The molecule has 0 aliphatic heterocycles. The average molecular weight is 431 g/mol. The summed E-state index contributed by atoms with van der Waals surface area (Å²) in [4.78, 5) is 0. The van der Waals surface area contributed by atoms with Crippen molar-refractivity contribution in [3.8, 4) is 5.75 Å². The van der Waals surface area contributed by atoms with E-state index in [4.69, 9.17) is 4.74 Å². The standard InChI is InChI=1S/C19H19BrN4OS/c1-3-25-18-9-8-17(20)10-16(18)11-22-24-13-21-23-19(24)26-12-15-6-4-14(2)5-7-15/h4-11,13H,3,12H2,1-2H3/b22-11+. The van der Waals surface area contributed by atoms with Gasteiger partial charge in [-0.1, -0.05) is 57.5 Å². The van der Waals surface area contributed by atoms with Crippen LogP contribution in [0.15, 0.2) is 63.5 Å². The molecular formula is C19H19BrN4OS. The quantitative estimate of drug-likeness (QED) is 0.394. The molecule has 3 rings (SSSR count). The van der Waals surface area contributed by atoms with Crippen molar-refractivity contribution in [2.45, 2.75) is 24.8 Å². The summed E-state index contributed by atoms with van der Waals surface area (Å²) >= 11 is 5.08. The molecule has 0 spiro atoms. The van der Waals surface area contributed by atoms with Crippen LogP contribution >= 0.6 is 27.7 Å². The minimum absolute atomic E-state index is 0.604. The number of rotatable bonds is 7. The lowest BCUT2D eigenvalue weighted by atomic mass is 10.2. The van der Waals surface area contributed by atoms with E-state index in [-0.39, 0.29) is 0 Å². The summed E-state index contributed by atoms with van der Waals surface area (Å²) in [6, 6.07) is 14.3. The van der Waals surface area contributed by atoms with E-state index in [2.05, 4.69) is 62.4 Å². The van der Waals surface area contributed by atoms with E-state index in [1.807, 2.05) is 25.1 Å². The molecule has 0 amide bonds. The Balaban J connectivity index is 1.73. The van der Waals surface area contributed by atoms with E-state index in [0.717, 1.165) is 26.7 Å². The van der Waals surface area contributed by atoms with E-state index in [0.29, 0.717) is 6.61 Å². The first-order chi connectivity index (χ1) is 12.7. The summed E-state index contributed by atoms with van der Waals surface area (Å²) in [5.41, 5.74) is 3.39. The molecule has 2 aromatic carbocycles. The normalized spacial score (nSPS) is 11.2. The average Bonchev–Trinajstić information content (AvgIpc) is 3.09. The molecule has 3 aromatic rings. The molecule has 1 aromatic heterocycles. The zero-order valence-electron chi connectivity index (χ0n) is 14.6. The second-order valence-electron chi connectivity index (χ2n) is 5.59. The van der Waals surface area contributed by atoms with Gasteiger partial charge in [0.25, 0.3) is 0 Å². The molecule has 5 nitrogen and oxygen atoms in total. The first-order valence-electron chi connectivity index (χ1n) is 8.21. The lowest BCUT2D eigenvalue weighted by molar-refractivity contribution is 0.339. The van der Waals surface area contributed by atoms with Crippen molar-refractivity contribution in [1.82, 2.24) is 14.9 Å². The third-order valence-electron chi connectivity index (χ3n) is 3.58. The second kappa shape index (κ2) is 9.00. The van der Waals surface area contributed by atoms with Crippen LogP contribution in [0.5, 0.6) is 5.75 Å². The highest BCUT2D eigenvalue weighted by molar-refractivity contribution is 9.10. The van der Waals surface area contributed by atoms with Crippen LogP contribution in [0.1, 0.15) is 23.6 Å². The third-order valence-corrected chi connectivity index (χ3v) is 5.08. The van der Waals surface area contributed by atoms with Gasteiger partial charge in [-0.05, 0) is 37.6 Å². The van der Waals surface area contributed by atoms with Crippen LogP contribution in [0, 0.1) is 6.92 Å². The Morgan fingerprint density at radius 1 is 1.23 bits per heavy atom. The number of ether oxygens (including phenoxy) is 1. The SMILES string of the molecule is CCOc1ccc(Br)cc1/C=N/n1cnnc1SCc1ccc(C)cc1. The molecule has 0 atom stereocenters. The minimum Gasteiger partial charge on any atom is -0.493 e. The number of hydrogen-bond acceptors (Lipinski definition) is 5. The van der Waals surface area contributed by atoms with Gasteiger partial charge in [0, 0.05) is 15.8 Å². The summed E-state index contributed by atoms with van der Waals surface area (Å²) in [6.45, 7) is 4.65. The molecule has 0 unspecified atom stereocenters. The summed E-state index contributed by atoms with van der Waals surface area (Å²) in [7, 11) is 0. The Hall–Kier alpha value is -2.12. The van der Waals surface area contributed by atoms with Crippen LogP contribution in [0.25, 0.3) is 0 Å². The van der Waals surface area contributed by atoms with E-state index in [1.165, 1.54) is 11.1 Å². The fraction of sp³-hybridized carbons (Fsp3) is 0.211. The van der Waals surface area contributed by atoms with Crippen LogP contribution in [0.4, 0.5) is 0 Å². The van der Waals surface area contributed by atoms with Crippen molar-refractivity contribution in [2.24, 2.45) is 5.10 Å². The van der Waals surface area contributed by atoms with E-state index >= 15 is 0 Å². The van der Waals surface area contributed by atoms with Crippen molar-refractivity contribution in [3.63, 3.8) is 0 Å². The van der Waals surface area contributed by atoms with Gasteiger partial charge in [0.15, 0.2) is 0 Å². The summed E-state index contributed by atoms with van der Waals surface area (Å²) in [5.74, 6) is 1.61. The number of nitrogens with zero attached hydrogens (tertiary/aromatic N) is 4. The Kier molecular flexibility index (Phi) is 6.46. The smallest absolute Gasteiger partial charge is 0.212 e.